The summed E-state index contributed by atoms with van der Waals surface area (Å²) in [6.07, 6.45) is 3.55. The predicted octanol–water partition coefficient (Wildman–Crippen LogP) is 2.16. The first kappa shape index (κ1) is 10.1. The lowest BCUT2D eigenvalue weighted by atomic mass is 9.98. The molecule has 3 heterocycles. The molecule has 0 saturated carbocycles. The zero-order valence-electron chi connectivity index (χ0n) is 9.32. The Morgan fingerprint density at radius 1 is 1.19 bits per heavy atom. The standard InChI is InChI=1S/C13H17FN2/c14-12-3-1-2-4-13(12)16-9-10-5-6-11(16)7-8-15-10/h1-4,10-11,15H,5-9H2. The lowest BCUT2D eigenvalue weighted by Gasteiger charge is -2.38. The van der Waals surface area contributed by atoms with E-state index in [1.54, 1.807) is 12.1 Å². The summed E-state index contributed by atoms with van der Waals surface area (Å²) in [7, 11) is 0. The van der Waals surface area contributed by atoms with Crippen LogP contribution in [0.1, 0.15) is 19.3 Å². The van der Waals surface area contributed by atoms with Crippen molar-refractivity contribution < 1.29 is 4.39 Å². The van der Waals surface area contributed by atoms with Crippen LogP contribution < -0.4 is 10.2 Å². The average molecular weight is 220 g/mol. The van der Waals surface area contributed by atoms with E-state index < -0.39 is 0 Å². The molecule has 2 unspecified atom stereocenters. The third-order valence-electron chi connectivity index (χ3n) is 3.78. The van der Waals surface area contributed by atoms with Gasteiger partial charge in [0.25, 0.3) is 0 Å². The van der Waals surface area contributed by atoms with Gasteiger partial charge in [0.05, 0.1) is 5.69 Å². The summed E-state index contributed by atoms with van der Waals surface area (Å²) < 4.78 is 13.8. The summed E-state index contributed by atoms with van der Waals surface area (Å²) >= 11 is 0. The van der Waals surface area contributed by atoms with E-state index in [0.717, 1.165) is 25.2 Å². The first-order valence-corrected chi connectivity index (χ1v) is 6.09. The molecular formula is C13H17FN2. The summed E-state index contributed by atoms with van der Waals surface area (Å²) in [5.41, 5.74) is 0.779. The lowest BCUT2D eigenvalue weighted by molar-refractivity contribution is 0.424. The zero-order valence-corrected chi connectivity index (χ0v) is 9.32. The Morgan fingerprint density at radius 2 is 2.06 bits per heavy atom. The van der Waals surface area contributed by atoms with Crippen LogP contribution in [-0.4, -0.2) is 25.2 Å². The third kappa shape index (κ3) is 1.69. The highest BCUT2D eigenvalue weighted by Crippen LogP contribution is 2.30. The molecule has 2 bridgehead atoms. The van der Waals surface area contributed by atoms with Crippen molar-refractivity contribution in [3.8, 4) is 0 Å². The fourth-order valence-electron chi connectivity index (χ4n) is 2.93. The maximum atomic E-state index is 13.8. The fourth-order valence-corrected chi connectivity index (χ4v) is 2.93. The SMILES string of the molecule is Fc1ccccc1N1CC2CCC1CCN2. The quantitative estimate of drug-likeness (QED) is 0.780. The van der Waals surface area contributed by atoms with Crippen molar-refractivity contribution in [2.45, 2.75) is 31.3 Å². The van der Waals surface area contributed by atoms with Crippen LogP contribution >= 0.6 is 0 Å². The maximum Gasteiger partial charge on any atom is 0.146 e. The molecule has 1 N–H and O–H groups in total. The van der Waals surface area contributed by atoms with Crippen LogP contribution in [0.5, 0.6) is 0 Å². The van der Waals surface area contributed by atoms with Crippen LogP contribution in [-0.2, 0) is 0 Å². The minimum atomic E-state index is -0.0879. The van der Waals surface area contributed by atoms with Crippen LogP contribution in [0.2, 0.25) is 0 Å². The minimum Gasteiger partial charge on any atom is -0.365 e. The molecule has 3 aliphatic heterocycles. The number of para-hydroxylation sites is 1. The van der Waals surface area contributed by atoms with Gasteiger partial charge in [0.1, 0.15) is 5.82 Å². The molecule has 16 heavy (non-hydrogen) atoms. The average Bonchev–Trinajstić information content (AvgIpc) is 2.64. The smallest absolute Gasteiger partial charge is 0.146 e. The summed E-state index contributed by atoms with van der Waals surface area (Å²) in [6.45, 7) is 2.02. The van der Waals surface area contributed by atoms with E-state index >= 15 is 0 Å². The van der Waals surface area contributed by atoms with Gasteiger partial charge in [-0.1, -0.05) is 12.1 Å². The molecule has 3 saturated heterocycles. The van der Waals surface area contributed by atoms with Gasteiger partial charge in [-0.25, -0.2) is 4.39 Å². The van der Waals surface area contributed by atoms with Gasteiger partial charge in [0.15, 0.2) is 0 Å². The number of anilines is 1. The Morgan fingerprint density at radius 3 is 2.94 bits per heavy atom. The number of benzene rings is 1. The number of hydrogen-bond donors (Lipinski definition) is 1. The number of nitrogens with one attached hydrogen (secondary N) is 1. The van der Waals surface area contributed by atoms with Crippen molar-refractivity contribution in [3.05, 3.63) is 30.1 Å². The van der Waals surface area contributed by atoms with Crippen LogP contribution in [0.15, 0.2) is 24.3 Å². The van der Waals surface area contributed by atoms with E-state index in [1.807, 2.05) is 12.1 Å². The molecule has 3 aliphatic rings. The van der Waals surface area contributed by atoms with Gasteiger partial charge >= 0.3 is 0 Å². The second-order valence-electron chi connectivity index (χ2n) is 4.77. The Labute approximate surface area is 95.4 Å². The van der Waals surface area contributed by atoms with Crippen LogP contribution in [0.3, 0.4) is 0 Å². The summed E-state index contributed by atoms with van der Waals surface area (Å²) in [4.78, 5) is 2.25. The van der Waals surface area contributed by atoms with Gasteiger partial charge in [0, 0.05) is 18.6 Å². The number of halogens is 1. The molecule has 0 spiro atoms. The van der Waals surface area contributed by atoms with Crippen LogP contribution in [0.4, 0.5) is 10.1 Å². The molecule has 3 fully saturated rings. The Balaban J connectivity index is 1.92. The zero-order chi connectivity index (χ0) is 11.0. The third-order valence-corrected chi connectivity index (χ3v) is 3.78. The Bertz CT molecular complexity index is 376. The molecule has 0 aromatic heterocycles. The number of rotatable bonds is 1. The molecule has 1 aromatic carbocycles. The normalized spacial score (nSPS) is 29.2. The summed E-state index contributed by atoms with van der Waals surface area (Å²) in [5.74, 6) is -0.0879. The minimum absolute atomic E-state index is 0.0879. The lowest BCUT2D eigenvalue weighted by Crippen LogP contribution is -2.46. The largest absolute Gasteiger partial charge is 0.365 e. The number of piperidine rings is 1. The molecule has 2 atom stereocenters. The fraction of sp³-hybridized carbons (Fsp3) is 0.538. The highest BCUT2D eigenvalue weighted by atomic mass is 19.1. The van der Waals surface area contributed by atoms with Crippen molar-refractivity contribution >= 4 is 5.69 Å². The number of nitrogens with zero attached hydrogens (tertiary/aromatic N) is 1. The molecule has 4 rings (SSSR count). The molecular weight excluding hydrogens is 203 g/mol. The molecule has 86 valence electrons. The van der Waals surface area contributed by atoms with Crippen molar-refractivity contribution in [2.24, 2.45) is 0 Å². The van der Waals surface area contributed by atoms with E-state index in [1.165, 1.54) is 12.8 Å². The first-order valence-electron chi connectivity index (χ1n) is 6.09. The Kier molecular flexibility index (Phi) is 2.56. The number of hydrogen-bond acceptors (Lipinski definition) is 2. The van der Waals surface area contributed by atoms with E-state index in [-0.39, 0.29) is 5.82 Å². The predicted molar refractivity (Wildman–Crippen MR) is 63.2 cm³/mol. The van der Waals surface area contributed by atoms with Gasteiger partial charge in [-0.05, 0) is 37.9 Å². The Hall–Kier alpha value is -1.09. The van der Waals surface area contributed by atoms with E-state index in [2.05, 4.69) is 10.2 Å². The summed E-state index contributed by atoms with van der Waals surface area (Å²) in [5, 5.41) is 3.53. The van der Waals surface area contributed by atoms with Crippen molar-refractivity contribution in [3.63, 3.8) is 0 Å². The second kappa shape index (κ2) is 4.06. The summed E-state index contributed by atoms with van der Waals surface area (Å²) in [6, 6.07) is 8.19. The molecule has 2 nitrogen and oxygen atoms in total. The van der Waals surface area contributed by atoms with E-state index in [0.29, 0.717) is 12.1 Å². The van der Waals surface area contributed by atoms with Gasteiger partial charge in [0.2, 0.25) is 0 Å². The molecule has 3 heteroatoms. The van der Waals surface area contributed by atoms with Crippen LogP contribution in [0, 0.1) is 5.82 Å². The highest BCUT2D eigenvalue weighted by molar-refractivity contribution is 5.49. The van der Waals surface area contributed by atoms with Crippen molar-refractivity contribution in [1.82, 2.24) is 5.32 Å². The first-order chi connectivity index (χ1) is 7.84. The van der Waals surface area contributed by atoms with Crippen molar-refractivity contribution in [2.75, 3.05) is 18.0 Å². The molecule has 1 aromatic rings. The molecule has 0 aliphatic carbocycles. The second-order valence-corrected chi connectivity index (χ2v) is 4.77. The monoisotopic (exact) mass is 220 g/mol. The molecule has 0 radical (unpaired) electrons. The van der Waals surface area contributed by atoms with Gasteiger partial charge in [-0.2, -0.15) is 0 Å². The van der Waals surface area contributed by atoms with Gasteiger partial charge in [-0.3, -0.25) is 0 Å². The van der Waals surface area contributed by atoms with E-state index in [9.17, 15) is 4.39 Å². The van der Waals surface area contributed by atoms with Crippen molar-refractivity contribution in [1.29, 1.82) is 0 Å². The van der Waals surface area contributed by atoms with Gasteiger partial charge < -0.3 is 10.2 Å². The topological polar surface area (TPSA) is 15.3 Å². The molecule has 0 amide bonds. The van der Waals surface area contributed by atoms with Crippen LogP contribution in [0.25, 0.3) is 0 Å². The number of fused-ring (bicyclic) bond motifs is 4. The van der Waals surface area contributed by atoms with Gasteiger partial charge in [-0.15, -0.1) is 0 Å². The highest BCUT2D eigenvalue weighted by Gasteiger charge is 2.32. The maximum absolute atomic E-state index is 13.8. The van der Waals surface area contributed by atoms with E-state index in [4.69, 9.17) is 0 Å².